The van der Waals surface area contributed by atoms with Gasteiger partial charge in [-0.25, -0.2) is 26.3 Å². The molecular weight excluding hydrogens is 408 g/mol. The van der Waals surface area contributed by atoms with Gasteiger partial charge in [-0.3, -0.25) is 0 Å². The van der Waals surface area contributed by atoms with Crippen LogP contribution in [0.25, 0.3) is 0 Å². The highest BCUT2D eigenvalue weighted by Crippen LogP contribution is 2.35. The van der Waals surface area contributed by atoms with Crippen molar-refractivity contribution < 1.29 is 39.9 Å². The molecule has 0 saturated carbocycles. The van der Waals surface area contributed by atoms with Gasteiger partial charge in [0.25, 0.3) is 0 Å². The minimum atomic E-state index is -2.02. The predicted molar refractivity (Wildman–Crippen MR) is 86.6 cm³/mol. The first kappa shape index (κ1) is 20.6. The van der Waals surface area contributed by atoms with Crippen LogP contribution in [-0.4, -0.2) is 0 Å². The van der Waals surface area contributed by atoms with Crippen molar-refractivity contribution in [3.63, 3.8) is 0 Å². The summed E-state index contributed by atoms with van der Waals surface area (Å²) in [6.45, 7) is 0.747. The van der Waals surface area contributed by atoms with E-state index in [1.807, 2.05) is 0 Å². The van der Waals surface area contributed by atoms with Crippen LogP contribution < -0.4 is 4.74 Å². The molecule has 0 bridgehead atoms. The summed E-state index contributed by atoms with van der Waals surface area (Å²) in [4.78, 5) is 0. The highest BCUT2D eigenvalue weighted by molar-refractivity contribution is 5.41. The fourth-order valence-electron chi connectivity index (χ4n) is 2.63. The lowest BCUT2D eigenvalue weighted by Gasteiger charge is -2.14. The average Bonchev–Trinajstić information content (AvgIpc) is 2.73. The highest BCUT2D eigenvalue weighted by Gasteiger charge is 2.30. The van der Waals surface area contributed by atoms with E-state index < -0.39 is 75.4 Å². The molecule has 3 rings (SSSR count). The maximum atomic E-state index is 14.3. The van der Waals surface area contributed by atoms with Crippen molar-refractivity contribution in [2.45, 2.75) is 13.3 Å². The van der Waals surface area contributed by atoms with E-state index in [-0.39, 0.29) is 5.75 Å². The van der Waals surface area contributed by atoms with E-state index in [0.29, 0.717) is 0 Å². The molecule has 0 N–H and O–H groups in total. The first-order chi connectivity index (χ1) is 13.6. The maximum absolute atomic E-state index is 14.3. The molecule has 29 heavy (non-hydrogen) atoms. The van der Waals surface area contributed by atoms with Crippen molar-refractivity contribution >= 4 is 0 Å². The van der Waals surface area contributed by atoms with Crippen LogP contribution in [0.4, 0.5) is 35.1 Å². The summed E-state index contributed by atoms with van der Waals surface area (Å²) < 4.78 is 117. The van der Waals surface area contributed by atoms with Crippen molar-refractivity contribution in [1.82, 2.24) is 0 Å². The minimum Gasteiger partial charge on any atom is -0.451 e. The first-order valence-corrected chi connectivity index (χ1v) is 8.04. The van der Waals surface area contributed by atoms with E-state index in [4.69, 9.17) is 4.74 Å². The number of ether oxygens (including phenoxy) is 1. The van der Waals surface area contributed by atoms with E-state index in [9.17, 15) is 35.1 Å². The van der Waals surface area contributed by atoms with E-state index in [2.05, 4.69) is 0 Å². The Morgan fingerprint density at radius 1 is 0.586 bits per heavy atom. The van der Waals surface area contributed by atoms with Crippen molar-refractivity contribution in [2.24, 2.45) is 0 Å². The Labute approximate surface area is 159 Å². The molecule has 0 radical (unpaired) electrons. The van der Waals surface area contributed by atoms with Crippen LogP contribution in [0.1, 0.15) is 16.7 Å². The Morgan fingerprint density at radius 3 is 1.45 bits per heavy atom. The first-order valence-electron chi connectivity index (χ1n) is 8.04. The molecule has 0 aromatic heterocycles. The topological polar surface area (TPSA) is 9.23 Å². The summed E-state index contributed by atoms with van der Waals surface area (Å²) >= 11 is 0. The van der Waals surface area contributed by atoms with Crippen molar-refractivity contribution in [3.8, 4) is 11.5 Å². The normalized spacial score (nSPS) is 11.1. The van der Waals surface area contributed by atoms with Gasteiger partial charge in [-0.1, -0.05) is 18.2 Å². The van der Waals surface area contributed by atoms with Gasteiger partial charge in [-0.15, -0.1) is 0 Å². The van der Waals surface area contributed by atoms with Crippen molar-refractivity contribution in [3.05, 3.63) is 93.6 Å². The molecule has 0 spiro atoms. The van der Waals surface area contributed by atoms with E-state index in [1.54, 1.807) is 6.07 Å². The monoisotopic (exact) mass is 418 g/mol. The second-order valence-electron chi connectivity index (χ2n) is 6.01. The molecule has 0 fully saturated rings. The SMILES string of the molecule is Cc1c(F)c(F)c(Cc2c(F)c(F)c(Oc3ccccc3)c(F)c2F)c(F)c1F. The Bertz CT molecular complexity index is 1040. The fraction of sp³-hybridized carbons (Fsp3) is 0.100. The molecule has 1 nitrogen and oxygen atoms in total. The smallest absolute Gasteiger partial charge is 0.204 e. The molecule has 3 aromatic carbocycles. The third-order valence-corrected chi connectivity index (χ3v) is 4.20. The standard InChI is InChI=1S/C20H10F8O/c1-8-12(21)14(23)10(15(24)13(8)22)7-11-16(25)18(27)20(19(28)17(11)26)29-9-5-3-2-4-6-9/h2-6H,7H2,1H3. The fourth-order valence-corrected chi connectivity index (χ4v) is 2.63. The average molecular weight is 418 g/mol. The number of para-hydroxylation sites is 1. The van der Waals surface area contributed by atoms with E-state index in [1.165, 1.54) is 24.3 Å². The van der Waals surface area contributed by atoms with Crippen molar-refractivity contribution in [2.75, 3.05) is 0 Å². The van der Waals surface area contributed by atoms with Crippen LogP contribution in [0, 0.1) is 53.5 Å². The molecule has 3 aromatic rings. The van der Waals surface area contributed by atoms with Gasteiger partial charge in [0.2, 0.25) is 17.4 Å². The molecule has 0 unspecified atom stereocenters. The number of rotatable bonds is 4. The number of benzene rings is 3. The quantitative estimate of drug-likeness (QED) is 0.348. The molecule has 0 heterocycles. The lowest BCUT2D eigenvalue weighted by Crippen LogP contribution is -2.11. The zero-order chi connectivity index (χ0) is 21.5. The summed E-state index contributed by atoms with van der Waals surface area (Å²) in [6.07, 6.45) is -1.48. The van der Waals surface area contributed by atoms with Gasteiger partial charge in [-0.2, -0.15) is 8.78 Å². The highest BCUT2D eigenvalue weighted by atomic mass is 19.2. The zero-order valence-electron chi connectivity index (χ0n) is 14.5. The number of halogens is 8. The third kappa shape index (κ3) is 3.52. The molecule has 0 aliphatic rings. The van der Waals surface area contributed by atoms with E-state index >= 15 is 0 Å². The third-order valence-electron chi connectivity index (χ3n) is 4.20. The van der Waals surface area contributed by atoms with Crippen LogP contribution in [0.5, 0.6) is 11.5 Å². The van der Waals surface area contributed by atoms with Gasteiger partial charge in [0.15, 0.2) is 34.9 Å². The molecule has 0 saturated heterocycles. The molecule has 0 aliphatic carbocycles. The van der Waals surface area contributed by atoms with Crippen molar-refractivity contribution in [1.29, 1.82) is 0 Å². The van der Waals surface area contributed by atoms with Crippen LogP contribution in [0.3, 0.4) is 0 Å². The molecule has 0 amide bonds. The largest absolute Gasteiger partial charge is 0.451 e. The molecular formula is C20H10F8O. The number of hydrogen-bond donors (Lipinski definition) is 0. The van der Waals surface area contributed by atoms with Gasteiger partial charge >= 0.3 is 0 Å². The Balaban J connectivity index is 2.12. The summed E-state index contributed by atoms with van der Waals surface area (Å²) in [5, 5.41) is 0. The Morgan fingerprint density at radius 2 is 1.00 bits per heavy atom. The maximum Gasteiger partial charge on any atom is 0.204 e. The molecule has 9 heteroatoms. The second-order valence-corrected chi connectivity index (χ2v) is 6.01. The lowest BCUT2D eigenvalue weighted by molar-refractivity contribution is 0.360. The summed E-state index contributed by atoms with van der Waals surface area (Å²) in [5.74, 6) is -17.0. The summed E-state index contributed by atoms with van der Waals surface area (Å²) in [5.41, 5.74) is -3.87. The van der Waals surface area contributed by atoms with E-state index in [0.717, 1.165) is 6.92 Å². The summed E-state index contributed by atoms with van der Waals surface area (Å²) in [7, 11) is 0. The van der Waals surface area contributed by atoms with Crippen LogP contribution in [0.15, 0.2) is 30.3 Å². The van der Waals surface area contributed by atoms with Gasteiger partial charge in [0, 0.05) is 23.1 Å². The molecule has 0 aliphatic heterocycles. The van der Waals surface area contributed by atoms with Gasteiger partial charge < -0.3 is 4.74 Å². The van der Waals surface area contributed by atoms with Crippen LogP contribution in [0.2, 0.25) is 0 Å². The Hall–Kier alpha value is -3.10. The minimum absolute atomic E-state index is 0.142. The van der Waals surface area contributed by atoms with Crippen LogP contribution in [-0.2, 0) is 6.42 Å². The van der Waals surface area contributed by atoms with Crippen LogP contribution >= 0.6 is 0 Å². The second kappa shape index (κ2) is 7.73. The lowest BCUT2D eigenvalue weighted by atomic mass is 9.99. The summed E-state index contributed by atoms with van der Waals surface area (Å²) in [6, 6.07) is 6.92. The zero-order valence-corrected chi connectivity index (χ0v) is 14.5. The Kier molecular flexibility index (Phi) is 5.50. The van der Waals surface area contributed by atoms with Gasteiger partial charge in [0.1, 0.15) is 5.75 Å². The molecule has 152 valence electrons. The van der Waals surface area contributed by atoms with Gasteiger partial charge in [0.05, 0.1) is 0 Å². The molecule has 0 atom stereocenters. The number of hydrogen-bond acceptors (Lipinski definition) is 1. The predicted octanol–water partition coefficient (Wildman–Crippen LogP) is 6.49. The van der Waals surface area contributed by atoms with Gasteiger partial charge in [-0.05, 0) is 19.1 Å².